The predicted octanol–water partition coefficient (Wildman–Crippen LogP) is 3.15. The van der Waals surface area contributed by atoms with E-state index in [1.807, 2.05) is 24.3 Å². The Morgan fingerprint density at radius 2 is 1.88 bits per heavy atom. The average Bonchev–Trinajstić information content (AvgIpc) is 3.38. The number of rotatable bonds is 7. The smallest absolute Gasteiger partial charge is 0.251 e. The maximum atomic E-state index is 13.1. The lowest BCUT2D eigenvalue weighted by atomic mass is 9.96. The number of carbonyl (C=O) groups is 1. The van der Waals surface area contributed by atoms with Crippen LogP contribution in [0.3, 0.4) is 0 Å². The zero-order valence-corrected chi connectivity index (χ0v) is 18.8. The summed E-state index contributed by atoms with van der Waals surface area (Å²) in [5.74, 6) is -0.317. The van der Waals surface area contributed by atoms with Crippen LogP contribution in [0.25, 0.3) is 5.69 Å². The molecule has 1 saturated carbocycles. The topological polar surface area (TPSA) is 97.2 Å². The van der Waals surface area contributed by atoms with Crippen LogP contribution >= 0.6 is 0 Å². The van der Waals surface area contributed by atoms with Crippen LogP contribution < -0.4 is 5.32 Å². The molecule has 0 bridgehead atoms. The summed E-state index contributed by atoms with van der Waals surface area (Å²) in [5, 5.41) is 6.94. The standard InChI is InChI=1S/C23H27N5O3S/c1-27(20-7-3-2-4-8-20)32(30,31)22-9-5-6-19(14-22)23(29)25-15-18-10-12-21(13-11-18)28-17-24-16-26-28/h5-6,9-14,16-17,20H,2-4,7-8,15H2,1H3,(H,25,29). The van der Waals surface area contributed by atoms with E-state index in [1.165, 1.54) is 16.7 Å². The van der Waals surface area contributed by atoms with Crippen molar-refractivity contribution in [2.24, 2.45) is 0 Å². The van der Waals surface area contributed by atoms with Gasteiger partial charge in [0.2, 0.25) is 10.0 Å². The van der Waals surface area contributed by atoms with Crippen molar-refractivity contribution >= 4 is 15.9 Å². The molecular formula is C23H27N5O3S. The molecule has 2 aromatic carbocycles. The van der Waals surface area contributed by atoms with Gasteiger partial charge in [0, 0.05) is 25.2 Å². The van der Waals surface area contributed by atoms with Crippen LogP contribution in [0.15, 0.2) is 66.1 Å². The van der Waals surface area contributed by atoms with Gasteiger partial charge < -0.3 is 5.32 Å². The fraction of sp³-hybridized carbons (Fsp3) is 0.348. The molecule has 1 aromatic heterocycles. The summed E-state index contributed by atoms with van der Waals surface area (Å²) in [6.07, 6.45) is 8.10. The molecule has 0 aliphatic heterocycles. The molecule has 0 spiro atoms. The van der Waals surface area contributed by atoms with Gasteiger partial charge in [-0.2, -0.15) is 9.40 Å². The van der Waals surface area contributed by atoms with Crippen LogP contribution in [0.1, 0.15) is 48.0 Å². The summed E-state index contributed by atoms with van der Waals surface area (Å²) in [5.41, 5.74) is 2.11. The quantitative estimate of drug-likeness (QED) is 0.593. The lowest BCUT2D eigenvalue weighted by Gasteiger charge is -2.30. The molecule has 1 fully saturated rings. The first-order valence-corrected chi connectivity index (χ1v) is 12.2. The highest BCUT2D eigenvalue weighted by Gasteiger charge is 2.29. The molecule has 168 valence electrons. The number of amides is 1. The minimum absolute atomic E-state index is 0.0201. The average molecular weight is 454 g/mol. The zero-order valence-electron chi connectivity index (χ0n) is 18.0. The summed E-state index contributed by atoms with van der Waals surface area (Å²) in [6, 6.07) is 13.9. The Kier molecular flexibility index (Phi) is 6.66. The number of carbonyl (C=O) groups excluding carboxylic acids is 1. The molecule has 0 saturated heterocycles. The van der Waals surface area contributed by atoms with E-state index in [0.717, 1.165) is 43.4 Å². The van der Waals surface area contributed by atoms with Crippen LogP contribution in [-0.4, -0.2) is 46.5 Å². The van der Waals surface area contributed by atoms with Crippen LogP contribution in [0.2, 0.25) is 0 Å². The molecule has 1 amide bonds. The number of nitrogens with zero attached hydrogens (tertiary/aromatic N) is 4. The molecule has 32 heavy (non-hydrogen) atoms. The van der Waals surface area contributed by atoms with Crippen LogP contribution in [-0.2, 0) is 16.6 Å². The highest BCUT2D eigenvalue weighted by molar-refractivity contribution is 7.89. The fourth-order valence-electron chi connectivity index (χ4n) is 4.00. The number of hydrogen-bond acceptors (Lipinski definition) is 5. The Morgan fingerprint density at radius 3 is 2.56 bits per heavy atom. The van der Waals surface area contributed by atoms with Crippen molar-refractivity contribution in [3.63, 3.8) is 0 Å². The largest absolute Gasteiger partial charge is 0.348 e. The van der Waals surface area contributed by atoms with Crippen molar-refractivity contribution in [1.29, 1.82) is 0 Å². The van der Waals surface area contributed by atoms with Gasteiger partial charge in [0.1, 0.15) is 12.7 Å². The number of benzene rings is 2. The molecule has 4 rings (SSSR count). The first-order chi connectivity index (χ1) is 15.4. The Labute approximate surface area is 188 Å². The van der Waals surface area contributed by atoms with E-state index in [0.29, 0.717) is 12.1 Å². The van der Waals surface area contributed by atoms with E-state index in [1.54, 1.807) is 36.3 Å². The SMILES string of the molecule is CN(C1CCCCC1)S(=O)(=O)c1cccc(C(=O)NCc2ccc(-n3cncn3)cc2)c1. The second-order valence-corrected chi connectivity index (χ2v) is 10.0. The number of nitrogens with one attached hydrogen (secondary N) is 1. The van der Waals surface area contributed by atoms with Gasteiger partial charge in [0.25, 0.3) is 5.91 Å². The second-order valence-electron chi connectivity index (χ2n) is 8.03. The van der Waals surface area contributed by atoms with E-state index >= 15 is 0 Å². The molecule has 1 N–H and O–H groups in total. The van der Waals surface area contributed by atoms with Gasteiger partial charge in [-0.05, 0) is 48.7 Å². The molecule has 0 radical (unpaired) electrons. The summed E-state index contributed by atoms with van der Waals surface area (Å²) in [6.45, 7) is 0.329. The Balaban J connectivity index is 1.41. The number of aromatic nitrogens is 3. The lowest BCUT2D eigenvalue weighted by Crippen LogP contribution is -2.38. The van der Waals surface area contributed by atoms with Gasteiger partial charge in [-0.1, -0.05) is 37.5 Å². The molecular weight excluding hydrogens is 426 g/mol. The van der Waals surface area contributed by atoms with Gasteiger partial charge in [-0.25, -0.2) is 18.1 Å². The first-order valence-electron chi connectivity index (χ1n) is 10.8. The molecule has 8 nitrogen and oxygen atoms in total. The van der Waals surface area contributed by atoms with Gasteiger partial charge in [-0.3, -0.25) is 4.79 Å². The summed E-state index contributed by atoms with van der Waals surface area (Å²) in [7, 11) is -2.01. The molecule has 1 aliphatic rings. The summed E-state index contributed by atoms with van der Waals surface area (Å²) in [4.78, 5) is 16.8. The summed E-state index contributed by atoms with van der Waals surface area (Å²) >= 11 is 0. The maximum Gasteiger partial charge on any atom is 0.251 e. The Hall–Kier alpha value is -3.04. The Morgan fingerprint density at radius 1 is 1.12 bits per heavy atom. The molecule has 9 heteroatoms. The van der Waals surface area contributed by atoms with E-state index in [4.69, 9.17) is 0 Å². The minimum Gasteiger partial charge on any atom is -0.348 e. The number of hydrogen-bond donors (Lipinski definition) is 1. The zero-order chi connectivity index (χ0) is 22.6. The highest BCUT2D eigenvalue weighted by Crippen LogP contribution is 2.26. The van der Waals surface area contributed by atoms with E-state index < -0.39 is 10.0 Å². The third kappa shape index (κ3) is 4.89. The highest BCUT2D eigenvalue weighted by atomic mass is 32.2. The fourth-order valence-corrected chi connectivity index (χ4v) is 5.46. The van der Waals surface area contributed by atoms with E-state index in [9.17, 15) is 13.2 Å². The predicted molar refractivity (Wildman–Crippen MR) is 121 cm³/mol. The van der Waals surface area contributed by atoms with Crippen molar-refractivity contribution < 1.29 is 13.2 Å². The van der Waals surface area contributed by atoms with Crippen LogP contribution in [0.4, 0.5) is 0 Å². The summed E-state index contributed by atoms with van der Waals surface area (Å²) < 4.78 is 29.3. The van der Waals surface area contributed by atoms with Crippen molar-refractivity contribution in [3.05, 3.63) is 72.3 Å². The monoisotopic (exact) mass is 453 g/mol. The Bertz CT molecular complexity index is 1150. The van der Waals surface area contributed by atoms with E-state index in [-0.39, 0.29) is 16.8 Å². The van der Waals surface area contributed by atoms with Gasteiger partial charge >= 0.3 is 0 Å². The molecule has 1 heterocycles. The van der Waals surface area contributed by atoms with Gasteiger partial charge in [0.15, 0.2) is 0 Å². The second kappa shape index (κ2) is 9.62. The van der Waals surface area contributed by atoms with E-state index in [2.05, 4.69) is 15.4 Å². The van der Waals surface area contributed by atoms with Crippen molar-refractivity contribution in [3.8, 4) is 5.69 Å². The third-order valence-corrected chi connectivity index (χ3v) is 7.84. The molecule has 1 aliphatic carbocycles. The van der Waals surface area contributed by atoms with Crippen molar-refractivity contribution in [2.45, 2.75) is 49.6 Å². The lowest BCUT2D eigenvalue weighted by molar-refractivity contribution is 0.0950. The minimum atomic E-state index is -3.65. The van der Waals surface area contributed by atoms with Crippen LogP contribution in [0.5, 0.6) is 0 Å². The first kappa shape index (κ1) is 22.2. The van der Waals surface area contributed by atoms with Gasteiger partial charge in [-0.15, -0.1) is 0 Å². The van der Waals surface area contributed by atoms with Crippen molar-refractivity contribution in [2.75, 3.05) is 7.05 Å². The third-order valence-electron chi connectivity index (χ3n) is 5.93. The van der Waals surface area contributed by atoms with Crippen molar-refractivity contribution in [1.82, 2.24) is 24.4 Å². The molecule has 0 unspecified atom stereocenters. The van der Waals surface area contributed by atoms with Gasteiger partial charge in [0.05, 0.1) is 10.6 Å². The maximum absolute atomic E-state index is 13.1. The molecule has 0 atom stereocenters. The number of sulfonamides is 1. The normalized spacial score (nSPS) is 15.1. The molecule has 3 aromatic rings. The van der Waals surface area contributed by atoms with Crippen LogP contribution in [0, 0.1) is 0 Å².